The van der Waals surface area contributed by atoms with Crippen LogP contribution in [0.1, 0.15) is 67.1 Å². The number of rotatable bonds is 7. The fourth-order valence-electron chi connectivity index (χ4n) is 6.82. The second kappa shape index (κ2) is 7.99. The van der Waals surface area contributed by atoms with E-state index in [1.54, 1.807) is 18.2 Å². The number of amides is 1. The fourth-order valence-corrected chi connectivity index (χ4v) is 7.61. The molecule has 0 spiro atoms. The monoisotopic (exact) mass is 427 g/mol. The fraction of sp³-hybridized carbons (Fsp3) is 0.560. The van der Waals surface area contributed by atoms with Gasteiger partial charge in [-0.3, -0.25) is 4.79 Å². The van der Waals surface area contributed by atoms with Crippen LogP contribution in [0.2, 0.25) is 0 Å². The Labute approximate surface area is 182 Å². The highest BCUT2D eigenvalue weighted by Crippen LogP contribution is 2.61. The van der Waals surface area contributed by atoms with E-state index in [1.807, 2.05) is 11.4 Å². The Morgan fingerprint density at radius 2 is 1.87 bits per heavy atom. The highest BCUT2D eigenvalue weighted by Gasteiger charge is 2.54. The summed E-state index contributed by atoms with van der Waals surface area (Å²) >= 11 is 1.44. The zero-order valence-corrected chi connectivity index (χ0v) is 18.3. The normalized spacial score (nSPS) is 30.3. The van der Waals surface area contributed by atoms with Crippen LogP contribution in [0.25, 0.3) is 0 Å². The minimum absolute atomic E-state index is 0.0275. The zero-order valence-electron chi connectivity index (χ0n) is 17.5. The topological polar surface area (TPSA) is 38.3 Å². The van der Waals surface area contributed by atoms with Gasteiger partial charge in [-0.1, -0.05) is 19.1 Å². The van der Waals surface area contributed by atoms with Gasteiger partial charge in [-0.2, -0.15) is 0 Å². The summed E-state index contributed by atoms with van der Waals surface area (Å²) in [6.45, 7) is 2.47. The molecule has 2 aromatic rings. The number of benzene rings is 1. The standard InChI is InChI=1S/C25H30FNO2S/c1-2-23(25-11-16-7-17(12-25)9-18(8-16)13-25)27-24(28)22-10-19(15-30-22)14-29-21-6-4-3-5-20(21)26/h3-6,10,15-18,23H,2,7-9,11-14H2,1H3,(H,27,28). The minimum Gasteiger partial charge on any atom is -0.486 e. The zero-order chi connectivity index (χ0) is 20.7. The molecular weight excluding hydrogens is 397 g/mol. The molecular formula is C25H30FNO2S. The van der Waals surface area contributed by atoms with Gasteiger partial charge in [0.1, 0.15) is 6.61 Å². The Morgan fingerprint density at radius 3 is 2.50 bits per heavy atom. The van der Waals surface area contributed by atoms with E-state index in [-0.39, 0.29) is 30.1 Å². The van der Waals surface area contributed by atoms with E-state index in [0.29, 0.717) is 10.3 Å². The van der Waals surface area contributed by atoms with Crippen molar-refractivity contribution >= 4 is 17.2 Å². The van der Waals surface area contributed by atoms with Crippen LogP contribution in [0.5, 0.6) is 5.75 Å². The molecule has 1 atom stereocenters. The van der Waals surface area contributed by atoms with Crippen molar-refractivity contribution in [3.63, 3.8) is 0 Å². The molecule has 4 bridgehead atoms. The third-order valence-corrected chi connectivity index (χ3v) is 8.62. The number of carbonyl (C=O) groups is 1. The Morgan fingerprint density at radius 1 is 1.20 bits per heavy atom. The largest absolute Gasteiger partial charge is 0.486 e. The molecule has 3 nitrogen and oxygen atoms in total. The number of para-hydroxylation sites is 1. The lowest BCUT2D eigenvalue weighted by atomic mass is 9.47. The quantitative estimate of drug-likeness (QED) is 0.572. The van der Waals surface area contributed by atoms with Gasteiger partial charge in [0.15, 0.2) is 11.6 Å². The van der Waals surface area contributed by atoms with Gasteiger partial charge in [0, 0.05) is 11.6 Å². The van der Waals surface area contributed by atoms with Gasteiger partial charge >= 0.3 is 0 Å². The van der Waals surface area contributed by atoms with Gasteiger partial charge in [-0.25, -0.2) is 4.39 Å². The van der Waals surface area contributed by atoms with Crippen LogP contribution in [0.3, 0.4) is 0 Å². The summed E-state index contributed by atoms with van der Waals surface area (Å²) < 4.78 is 19.3. The molecule has 1 N–H and O–H groups in total. The van der Waals surface area contributed by atoms with Crippen LogP contribution in [-0.4, -0.2) is 11.9 Å². The number of nitrogens with one attached hydrogen (secondary N) is 1. The van der Waals surface area contributed by atoms with E-state index in [2.05, 4.69) is 12.2 Å². The Hall–Kier alpha value is -1.88. The summed E-state index contributed by atoms with van der Waals surface area (Å²) in [6.07, 6.45) is 9.13. The molecule has 4 saturated carbocycles. The molecule has 1 heterocycles. The molecule has 1 amide bonds. The maximum atomic E-state index is 13.7. The van der Waals surface area contributed by atoms with Crippen molar-refractivity contribution in [1.82, 2.24) is 5.32 Å². The van der Waals surface area contributed by atoms with Crippen LogP contribution in [-0.2, 0) is 6.61 Å². The number of ether oxygens (including phenoxy) is 1. The molecule has 0 aliphatic heterocycles. The second-order valence-electron chi connectivity index (χ2n) is 9.75. The van der Waals surface area contributed by atoms with E-state index in [0.717, 1.165) is 29.7 Å². The van der Waals surface area contributed by atoms with Crippen molar-refractivity contribution in [3.8, 4) is 5.75 Å². The molecule has 4 aliphatic carbocycles. The van der Waals surface area contributed by atoms with Crippen molar-refractivity contribution in [2.45, 2.75) is 64.5 Å². The average Bonchev–Trinajstić information content (AvgIpc) is 3.19. The van der Waals surface area contributed by atoms with E-state index in [9.17, 15) is 9.18 Å². The summed E-state index contributed by atoms with van der Waals surface area (Å²) in [4.78, 5) is 13.8. The first-order chi connectivity index (χ1) is 14.5. The Bertz CT molecular complexity index is 888. The molecule has 4 fully saturated rings. The minimum atomic E-state index is -0.368. The van der Waals surface area contributed by atoms with Crippen LogP contribution >= 0.6 is 11.3 Å². The molecule has 0 radical (unpaired) electrons. The van der Waals surface area contributed by atoms with E-state index < -0.39 is 0 Å². The summed E-state index contributed by atoms with van der Waals surface area (Å²) in [5.41, 5.74) is 1.21. The van der Waals surface area contributed by atoms with Gasteiger partial charge in [-0.15, -0.1) is 11.3 Å². The highest BCUT2D eigenvalue weighted by atomic mass is 32.1. The molecule has 30 heavy (non-hydrogen) atoms. The summed E-state index contributed by atoms with van der Waals surface area (Å²) in [5.74, 6) is 2.54. The predicted molar refractivity (Wildman–Crippen MR) is 117 cm³/mol. The molecule has 1 unspecified atom stereocenters. The number of carbonyl (C=O) groups excluding carboxylic acids is 1. The van der Waals surface area contributed by atoms with Gasteiger partial charge in [0.25, 0.3) is 5.91 Å². The van der Waals surface area contributed by atoms with Crippen molar-refractivity contribution in [2.75, 3.05) is 0 Å². The molecule has 1 aromatic carbocycles. The Balaban J connectivity index is 1.23. The lowest BCUT2D eigenvalue weighted by Gasteiger charge is -2.59. The van der Waals surface area contributed by atoms with E-state index in [4.69, 9.17) is 4.74 Å². The predicted octanol–water partition coefficient (Wildman–Crippen LogP) is 6.19. The van der Waals surface area contributed by atoms with Crippen LogP contribution in [0.4, 0.5) is 4.39 Å². The first kappa shape index (κ1) is 20.0. The molecule has 6 rings (SSSR count). The smallest absolute Gasteiger partial charge is 0.261 e. The lowest BCUT2D eigenvalue weighted by Crippen LogP contribution is -2.56. The average molecular weight is 428 g/mol. The number of hydrogen-bond acceptors (Lipinski definition) is 3. The summed E-state index contributed by atoms with van der Waals surface area (Å²) in [5, 5.41) is 5.34. The first-order valence-electron chi connectivity index (χ1n) is 11.3. The van der Waals surface area contributed by atoms with Gasteiger partial charge in [0.2, 0.25) is 0 Å². The Kier molecular flexibility index (Phi) is 5.34. The van der Waals surface area contributed by atoms with Crippen LogP contribution in [0.15, 0.2) is 35.7 Å². The third-order valence-electron chi connectivity index (χ3n) is 7.65. The molecule has 160 valence electrons. The van der Waals surface area contributed by atoms with Gasteiger partial charge in [0.05, 0.1) is 4.88 Å². The van der Waals surface area contributed by atoms with Gasteiger partial charge in [-0.05, 0) is 91.7 Å². The van der Waals surface area contributed by atoms with E-state index >= 15 is 0 Å². The maximum Gasteiger partial charge on any atom is 0.261 e. The van der Waals surface area contributed by atoms with Crippen LogP contribution in [0, 0.1) is 29.0 Å². The number of halogens is 1. The van der Waals surface area contributed by atoms with Crippen molar-refractivity contribution in [2.24, 2.45) is 23.2 Å². The molecule has 4 aliphatic rings. The summed E-state index contributed by atoms with van der Waals surface area (Å²) in [6, 6.07) is 8.54. The van der Waals surface area contributed by atoms with Crippen molar-refractivity contribution < 1.29 is 13.9 Å². The maximum absolute atomic E-state index is 13.7. The summed E-state index contributed by atoms with van der Waals surface area (Å²) in [7, 11) is 0. The van der Waals surface area contributed by atoms with Crippen LogP contribution < -0.4 is 10.1 Å². The molecule has 1 aromatic heterocycles. The molecule has 0 saturated heterocycles. The van der Waals surface area contributed by atoms with Crippen molar-refractivity contribution in [1.29, 1.82) is 0 Å². The lowest BCUT2D eigenvalue weighted by molar-refractivity contribution is -0.0727. The molecule has 5 heteroatoms. The first-order valence-corrected chi connectivity index (χ1v) is 12.2. The number of hydrogen-bond donors (Lipinski definition) is 1. The van der Waals surface area contributed by atoms with Crippen molar-refractivity contribution in [3.05, 3.63) is 52.0 Å². The van der Waals surface area contributed by atoms with Gasteiger partial charge < -0.3 is 10.1 Å². The third kappa shape index (κ3) is 3.77. The second-order valence-corrected chi connectivity index (χ2v) is 10.7. The van der Waals surface area contributed by atoms with E-state index in [1.165, 1.54) is 55.9 Å². The highest BCUT2D eigenvalue weighted by molar-refractivity contribution is 7.12. The SMILES string of the molecule is CCC(NC(=O)c1cc(COc2ccccc2F)cs1)C12CC3CC(CC(C3)C1)C2. The number of thiophene rings is 1.